The fraction of sp³-hybridized carbons (Fsp3) is 0.353. The number of methoxy groups -OCH3 is 1. The van der Waals surface area contributed by atoms with Gasteiger partial charge in [0.25, 0.3) is 0 Å². The molecule has 0 atom stereocenters. The molecule has 0 radical (unpaired) electrons. The molecule has 3 rings (SSSR count). The molecule has 9 heteroatoms. The van der Waals surface area contributed by atoms with E-state index in [1.165, 1.54) is 18.1 Å². The first-order valence-corrected chi connectivity index (χ1v) is 8.11. The number of carbonyl (C=O) groups excluding carboxylic acids is 2. The summed E-state index contributed by atoms with van der Waals surface area (Å²) in [7, 11) is 1.32. The molecular formula is C17H19FN4O4. The minimum atomic E-state index is -0.427. The van der Waals surface area contributed by atoms with E-state index in [9.17, 15) is 14.0 Å². The van der Waals surface area contributed by atoms with Gasteiger partial charge in [-0.15, -0.1) is 0 Å². The fourth-order valence-corrected chi connectivity index (χ4v) is 2.75. The maximum Gasteiger partial charge on any atom is 0.409 e. The Balaban J connectivity index is 1.66. The summed E-state index contributed by atoms with van der Waals surface area (Å²) in [4.78, 5) is 27.0. The van der Waals surface area contributed by atoms with E-state index in [0.717, 1.165) is 0 Å². The molecule has 1 aromatic carbocycles. The van der Waals surface area contributed by atoms with E-state index in [2.05, 4.69) is 15.2 Å². The SMILES string of the molecule is COC(=O)N1CCN(C(=O)Nc2noc(-c3ccccc3F)c2C)CC1. The molecule has 0 saturated carbocycles. The van der Waals surface area contributed by atoms with Crippen LogP contribution in [0.2, 0.25) is 0 Å². The highest BCUT2D eigenvalue weighted by atomic mass is 19.1. The first kappa shape index (κ1) is 17.7. The van der Waals surface area contributed by atoms with E-state index in [1.807, 2.05) is 0 Å². The maximum absolute atomic E-state index is 13.9. The van der Waals surface area contributed by atoms with Gasteiger partial charge in [-0.05, 0) is 19.1 Å². The summed E-state index contributed by atoms with van der Waals surface area (Å²) in [6.45, 7) is 3.22. The number of halogens is 1. The van der Waals surface area contributed by atoms with Gasteiger partial charge in [0.05, 0.1) is 12.7 Å². The number of hydrogen-bond acceptors (Lipinski definition) is 5. The molecule has 1 aliphatic rings. The summed E-state index contributed by atoms with van der Waals surface area (Å²) in [5.74, 6) is 0.0844. The van der Waals surface area contributed by atoms with Crippen LogP contribution in [-0.2, 0) is 4.74 Å². The van der Waals surface area contributed by atoms with Crippen molar-refractivity contribution in [2.75, 3.05) is 38.6 Å². The molecule has 138 valence electrons. The minimum Gasteiger partial charge on any atom is -0.453 e. The molecule has 1 aromatic heterocycles. The Hall–Kier alpha value is -3.10. The molecule has 8 nitrogen and oxygen atoms in total. The third-order valence-electron chi connectivity index (χ3n) is 4.27. The Bertz CT molecular complexity index is 815. The number of rotatable bonds is 2. The summed E-state index contributed by atoms with van der Waals surface area (Å²) in [5.41, 5.74) is 0.821. The Morgan fingerprint density at radius 3 is 2.50 bits per heavy atom. The zero-order valence-electron chi connectivity index (χ0n) is 14.5. The molecule has 0 spiro atoms. The second-order valence-corrected chi connectivity index (χ2v) is 5.84. The van der Waals surface area contributed by atoms with Crippen LogP contribution in [0.4, 0.5) is 19.8 Å². The van der Waals surface area contributed by atoms with Crippen LogP contribution in [0.5, 0.6) is 0 Å². The van der Waals surface area contributed by atoms with Crippen LogP contribution in [-0.4, -0.2) is 60.4 Å². The van der Waals surface area contributed by atoms with E-state index in [0.29, 0.717) is 31.7 Å². The van der Waals surface area contributed by atoms with Crippen LogP contribution in [0, 0.1) is 12.7 Å². The Morgan fingerprint density at radius 2 is 1.85 bits per heavy atom. The van der Waals surface area contributed by atoms with Crippen LogP contribution in [0.15, 0.2) is 28.8 Å². The highest BCUT2D eigenvalue weighted by Gasteiger charge is 2.26. The molecule has 26 heavy (non-hydrogen) atoms. The standard InChI is InChI=1S/C17H19FN4O4/c1-11-14(12-5-3-4-6-13(12)18)26-20-15(11)19-16(23)21-7-9-22(10-8-21)17(24)25-2/h3-6H,7-10H2,1-2H3,(H,19,20,23). The van der Waals surface area contributed by atoms with Crippen molar-refractivity contribution in [2.45, 2.75) is 6.92 Å². The van der Waals surface area contributed by atoms with Gasteiger partial charge >= 0.3 is 12.1 Å². The van der Waals surface area contributed by atoms with Crippen molar-refractivity contribution in [3.8, 4) is 11.3 Å². The Morgan fingerprint density at radius 1 is 1.19 bits per heavy atom. The number of hydrogen-bond donors (Lipinski definition) is 1. The Kier molecular flexibility index (Phi) is 5.06. The molecule has 3 amide bonds. The third-order valence-corrected chi connectivity index (χ3v) is 4.27. The molecule has 0 aliphatic carbocycles. The predicted octanol–water partition coefficient (Wildman–Crippen LogP) is 2.71. The van der Waals surface area contributed by atoms with Crippen molar-refractivity contribution in [3.63, 3.8) is 0 Å². The summed E-state index contributed by atoms with van der Waals surface area (Å²) in [5, 5.41) is 6.51. The van der Waals surface area contributed by atoms with Crippen molar-refractivity contribution in [3.05, 3.63) is 35.6 Å². The lowest BCUT2D eigenvalue weighted by molar-refractivity contribution is 0.0992. The maximum atomic E-state index is 13.9. The van der Waals surface area contributed by atoms with Gasteiger partial charge in [-0.3, -0.25) is 5.32 Å². The van der Waals surface area contributed by atoms with Gasteiger partial charge in [-0.1, -0.05) is 17.3 Å². The van der Waals surface area contributed by atoms with Gasteiger partial charge < -0.3 is 19.1 Å². The molecule has 1 N–H and O–H groups in total. The van der Waals surface area contributed by atoms with Crippen molar-refractivity contribution < 1.29 is 23.2 Å². The Labute approximate surface area is 149 Å². The van der Waals surface area contributed by atoms with Gasteiger partial charge in [0, 0.05) is 31.7 Å². The second kappa shape index (κ2) is 7.42. The van der Waals surface area contributed by atoms with Gasteiger partial charge in [-0.2, -0.15) is 0 Å². The molecule has 2 heterocycles. The topological polar surface area (TPSA) is 87.9 Å². The van der Waals surface area contributed by atoms with Crippen molar-refractivity contribution >= 4 is 17.9 Å². The number of anilines is 1. The van der Waals surface area contributed by atoms with Crippen LogP contribution in [0.1, 0.15) is 5.56 Å². The lowest BCUT2D eigenvalue weighted by Crippen LogP contribution is -2.51. The third kappa shape index (κ3) is 3.46. The number of benzene rings is 1. The van der Waals surface area contributed by atoms with Gasteiger partial charge in [0.1, 0.15) is 5.82 Å². The van der Waals surface area contributed by atoms with Crippen molar-refractivity contribution in [2.24, 2.45) is 0 Å². The van der Waals surface area contributed by atoms with E-state index in [4.69, 9.17) is 4.52 Å². The molecule has 1 fully saturated rings. The number of ether oxygens (including phenoxy) is 1. The molecule has 2 aromatic rings. The number of nitrogens with zero attached hydrogens (tertiary/aromatic N) is 3. The first-order valence-electron chi connectivity index (χ1n) is 8.11. The number of aromatic nitrogens is 1. The fourth-order valence-electron chi connectivity index (χ4n) is 2.75. The minimum absolute atomic E-state index is 0.239. The normalized spacial score (nSPS) is 14.3. The van der Waals surface area contributed by atoms with E-state index in [1.54, 1.807) is 30.0 Å². The predicted molar refractivity (Wildman–Crippen MR) is 91.2 cm³/mol. The average molecular weight is 362 g/mol. The van der Waals surface area contributed by atoms with E-state index < -0.39 is 11.9 Å². The highest BCUT2D eigenvalue weighted by Crippen LogP contribution is 2.30. The summed E-state index contributed by atoms with van der Waals surface area (Å²) in [6.07, 6.45) is -0.410. The van der Waals surface area contributed by atoms with Gasteiger partial charge in [-0.25, -0.2) is 14.0 Å². The van der Waals surface area contributed by atoms with Gasteiger partial charge in [0.2, 0.25) is 0 Å². The second-order valence-electron chi connectivity index (χ2n) is 5.84. The molecule has 0 bridgehead atoms. The number of urea groups is 1. The van der Waals surface area contributed by atoms with Crippen LogP contribution in [0.3, 0.4) is 0 Å². The summed E-state index contributed by atoms with van der Waals surface area (Å²) >= 11 is 0. The first-order chi connectivity index (χ1) is 12.5. The monoisotopic (exact) mass is 362 g/mol. The number of piperazine rings is 1. The van der Waals surface area contributed by atoms with Crippen molar-refractivity contribution in [1.29, 1.82) is 0 Å². The van der Waals surface area contributed by atoms with Crippen LogP contribution in [0.25, 0.3) is 11.3 Å². The zero-order chi connectivity index (χ0) is 18.7. The number of nitrogens with one attached hydrogen (secondary N) is 1. The number of carbonyl (C=O) groups is 2. The quantitative estimate of drug-likeness (QED) is 0.887. The molecule has 0 unspecified atom stereocenters. The largest absolute Gasteiger partial charge is 0.453 e. The highest BCUT2D eigenvalue weighted by molar-refractivity contribution is 5.90. The van der Waals surface area contributed by atoms with E-state index in [-0.39, 0.29) is 23.2 Å². The van der Waals surface area contributed by atoms with Crippen molar-refractivity contribution in [1.82, 2.24) is 15.0 Å². The lowest BCUT2D eigenvalue weighted by atomic mass is 10.1. The molecule has 1 aliphatic heterocycles. The molecular weight excluding hydrogens is 343 g/mol. The lowest BCUT2D eigenvalue weighted by Gasteiger charge is -2.33. The average Bonchev–Trinajstić information content (AvgIpc) is 3.02. The zero-order valence-corrected chi connectivity index (χ0v) is 14.5. The number of amides is 3. The van der Waals surface area contributed by atoms with Crippen LogP contribution < -0.4 is 5.32 Å². The summed E-state index contributed by atoms with van der Waals surface area (Å²) in [6, 6.07) is 5.84. The van der Waals surface area contributed by atoms with Gasteiger partial charge in [0.15, 0.2) is 11.6 Å². The molecule has 1 saturated heterocycles. The van der Waals surface area contributed by atoms with E-state index >= 15 is 0 Å². The van der Waals surface area contributed by atoms with Crippen LogP contribution >= 0.6 is 0 Å². The smallest absolute Gasteiger partial charge is 0.409 e. The summed E-state index contributed by atoms with van der Waals surface area (Å²) < 4.78 is 23.8.